The molecule has 0 fully saturated rings. The van der Waals surface area contributed by atoms with Gasteiger partial charge in [0.15, 0.2) is 0 Å². The first kappa shape index (κ1) is 15.0. The van der Waals surface area contributed by atoms with Crippen molar-refractivity contribution in [2.24, 2.45) is 13.0 Å². The average molecular weight is 268 g/mol. The van der Waals surface area contributed by atoms with Gasteiger partial charge in [0.05, 0.1) is 12.1 Å². The van der Waals surface area contributed by atoms with Crippen LogP contribution in [-0.2, 0) is 18.4 Å². The summed E-state index contributed by atoms with van der Waals surface area (Å²) in [5, 5.41) is 18.1. The molecule has 106 valence electrons. The highest BCUT2D eigenvalue weighted by molar-refractivity contribution is 5.75. The first-order chi connectivity index (χ1) is 9.02. The lowest BCUT2D eigenvalue weighted by atomic mass is 10.0. The van der Waals surface area contributed by atoms with Gasteiger partial charge in [0.25, 0.3) is 0 Å². The number of urea groups is 1. The molecular weight excluding hydrogens is 248 g/mol. The molecule has 7 nitrogen and oxygen atoms in total. The molecule has 0 saturated heterocycles. The van der Waals surface area contributed by atoms with E-state index in [9.17, 15) is 9.59 Å². The Bertz CT molecular complexity index is 430. The number of carboxylic acid groups (broad SMARTS) is 1. The van der Waals surface area contributed by atoms with Crippen molar-refractivity contribution in [3.63, 3.8) is 0 Å². The van der Waals surface area contributed by atoms with E-state index in [2.05, 4.69) is 15.7 Å². The van der Waals surface area contributed by atoms with Crippen LogP contribution >= 0.6 is 0 Å². The maximum atomic E-state index is 11.5. The minimum atomic E-state index is -0.880. The van der Waals surface area contributed by atoms with Gasteiger partial charge in [0.1, 0.15) is 0 Å². The third-order valence-corrected chi connectivity index (χ3v) is 2.71. The molecule has 1 aromatic rings. The standard InChI is InChI=1S/C12H20N4O3/c1-3-4-10(11(17)18)7-14-12(19)13-5-9-6-15-16(2)8-9/h6,8,10H,3-5,7H2,1-2H3,(H,17,18)(H2,13,14,19). The van der Waals surface area contributed by atoms with Gasteiger partial charge in [0, 0.05) is 31.9 Å². The molecule has 0 saturated carbocycles. The summed E-state index contributed by atoms with van der Waals surface area (Å²) in [5.74, 6) is -1.41. The zero-order valence-corrected chi connectivity index (χ0v) is 11.2. The second-order valence-corrected chi connectivity index (χ2v) is 4.41. The Morgan fingerprint density at radius 2 is 2.21 bits per heavy atom. The topological polar surface area (TPSA) is 96.3 Å². The zero-order chi connectivity index (χ0) is 14.3. The SMILES string of the molecule is CCCC(CNC(=O)NCc1cnn(C)c1)C(=O)O. The summed E-state index contributed by atoms with van der Waals surface area (Å²) in [5.41, 5.74) is 0.890. The molecule has 7 heteroatoms. The molecule has 1 atom stereocenters. The highest BCUT2D eigenvalue weighted by Crippen LogP contribution is 2.04. The molecule has 3 N–H and O–H groups in total. The fourth-order valence-corrected chi connectivity index (χ4v) is 1.69. The van der Waals surface area contributed by atoms with Crippen molar-refractivity contribution in [3.05, 3.63) is 18.0 Å². The number of rotatable bonds is 7. The van der Waals surface area contributed by atoms with Crippen LogP contribution in [0.25, 0.3) is 0 Å². The van der Waals surface area contributed by atoms with Crippen LogP contribution in [-0.4, -0.2) is 33.4 Å². The molecule has 0 bridgehead atoms. The van der Waals surface area contributed by atoms with Crippen LogP contribution in [0.3, 0.4) is 0 Å². The predicted molar refractivity (Wildman–Crippen MR) is 69.5 cm³/mol. The Balaban J connectivity index is 2.28. The minimum Gasteiger partial charge on any atom is -0.481 e. The molecule has 2 amide bonds. The van der Waals surface area contributed by atoms with E-state index in [4.69, 9.17) is 5.11 Å². The summed E-state index contributed by atoms with van der Waals surface area (Å²) in [7, 11) is 1.80. The van der Waals surface area contributed by atoms with Gasteiger partial charge >= 0.3 is 12.0 Å². The van der Waals surface area contributed by atoms with Crippen LogP contribution in [0.15, 0.2) is 12.4 Å². The number of hydrogen-bond acceptors (Lipinski definition) is 3. The van der Waals surface area contributed by atoms with Gasteiger partial charge in [-0.3, -0.25) is 9.48 Å². The molecule has 0 aliphatic rings. The van der Waals surface area contributed by atoms with E-state index in [1.807, 2.05) is 6.92 Å². The van der Waals surface area contributed by atoms with Crippen LogP contribution < -0.4 is 10.6 Å². The quantitative estimate of drug-likeness (QED) is 0.679. The van der Waals surface area contributed by atoms with Crippen LogP contribution in [0.4, 0.5) is 4.79 Å². The Morgan fingerprint density at radius 3 is 2.74 bits per heavy atom. The lowest BCUT2D eigenvalue weighted by molar-refractivity contribution is -0.141. The van der Waals surface area contributed by atoms with Crippen LogP contribution in [0.1, 0.15) is 25.3 Å². The van der Waals surface area contributed by atoms with Crippen molar-refractivity contribution in [1.82, 2.24) is 20.4 Å². The Hall–Kier alpha value is -2.05. The first-order valence-electron chi connectivity index (χ1n) is 6.25. The maximum absolute atomic E-state index is 11.5. The maximum Gasteiger partial charge on any atom is 0.315 e. The number of carboxylic acids is 1. The van der Waals surface area contributed by atoms with Gasteiger partial charge in [-0.25, -0.2) is 4.79 Å². The van der Waals surface area contributed by atoms with E-state index in [0.717, 1.165) is 12.0 Å². The van der Waals surface area contributed by atoms with E-state index < -0.39 is 11.9 Å². The summed E-state index contributed by atoms with van der Waals surface area (Å²) in [6, 6.07) is -0.369. The number of amides is 2. The minimum absolute atomic E-state index is 0.141. The molecule has 0 spiro atoms. The summed E-state index contributed by atoms with van der Waals surface area (Å²) < 4.78 is 1.65. The third kappa shape index (κ3) is 5.41. The van der Waals surface area contributed by atoms with E-state index >= 15 is 0 Å². The monoisotopic (exact) mass is 268 g/mol. The van der Waals surface area contributed by atoms with E-state index in [0.29, 0.717) is 13.0 Å². The molecule has 1 heterocycles. The number of nitrogens with one attached hydrogen (secondary N) is 2. The van der Waals surface area contributed by atoms with Crippen molar-refractivity contribution in [1.29, 1.82) is 0 Å². The second kappa shape index (κ2) is 7.40. The molecular formula is C12H20N4O3. The summed E-state index contributed by atoms with van der Waals surface area (Å²) in [6.07, 6.45) is 4.79. The molecule has 0 radical (unpaired) electrons. The van der Waals surface area contributed by atoms with Gasteiger partial charge in [0.2, 0.25) is 0 Å². The number of nitrogens with zero attached hydrogens (tertiary/aromatic N) is 2. The number of aromatic nitrogens is 2. The molecule has 0 aliphatic carbocycles. The third-order valence-electron chi connectivity index (χ3n) is 2.71. The van der Waals surface area contributed by atoms with Crippen molar-refractivity contribution in [2.75, 3.05) is 6.54 Å². The molecule has 1 aromatic heterocycles. The lowest BCUT2D eigenvalue weighted by Gasteiger charge is -2.12. The van der Waals surface area contributed by atoms with Crippen LogP contribution in [0.2, 0.25) is 0 Å². The number of aryl methyl sites for hydroxylation is 1. The fourth-order valence-electron chi connectivity index (χ4n) is 1.69. The van der Waals surface area contributed by atoms with Gasteiger partial charge in [-0.2, -0.15) is 5.10 Å². The van der Waals surface area contributed by atoms with Crippen molar-refractivity contribution in [2.45, 2.75) is 26.3 Å². The number of hydrogen-bond donors (Lipinski definition) is 3. The fraction of sp³-hybridized carbons (Fsp3) is 0.583. The average Bonchev–Trinajstić information content (AvgIpc) is 2.77. The highest BCUT2D eigenvalue weighted by Gasteiger charge is 2.16. The molecule has 0 aromatic carbocycles. The number of aliphatic carboxylic acids is 1. The van der Waals surface area contributed by atoms with Crippen molar-refractivity contribution < 1.29 is 14.7 Å². The molecule has 19 heavy (non-hydrogen) atoms. The van der Waals surface area contributed by atoms with Gasteiger partial charge in [-0.05, 0) is 6.42 Å². The molecule has 0 aliphatic heterocycles. The largest absolute Gasteiger partial charge is 0.481 e. The Morgan fingerprint density at radius 1 is 1.47 bits per heavy atom. The first-order valence-corrected chi connectivity index (χ1v) is 6.25. The van der Waals surface area contributed by atoms with E-state index in [-0.39, 0.29) is 12.6 Å². The highest BCUT2D eigenvalue weighted by atomic mass is 16.4. The van der Waals surface area contributed by atoms with Gasteiger partial charge in [-0.1, -0.05) is 13.3 Å². The van der Waals surface area contributed by atoms with Crippen LogP contribution in [0.5, 0.6) is 0 Å². The second-order valence-electron chi connectivity index (χ2n) is 4.41. The zero-order valence-electron chi connectivity index (χ0n) is 11.2. The normalized spacial score (nSPS) is 11.9. The summed E-state index contributed by atoms with van der Waals surface area (Å²) >= 11 is 0. The lowest BCUT2D eigenvalue weighted by Crippen LogP contribution is -2.39. The summed E-state index contributed by atoms with van der Waals surface area (Å²) in [6.45, 7) is 2.42. The smallest absolute Gasteiger partial charge is 0.315 e. The van der Waals surface area contributed by atoms with E-state index in [1.54, 1.807) is 24.1 Å². The summed E-state index contributed by atoms with van der Waals surface area (Å²) in [4.78, 5) is 22.4. The van der Waals surface area contributed by atoms with Crippen LogP contribution in [0, 0.1) is 5.92 Å². The molecule has 1 unspecified atom stereocenters. The number of carbonyl (C=O) groups excluding carboxylic acids is 1. The van der Waals surface area contributed by atoms with Gasteiger partial charge < -0.3 is 15.7 Å². The van der Waals surface area contributed by atoms with Crippen molar-refractivity contribution in [3.8, 4) is 0 Å². The molecule has 1 rings (SSSR count). The Kier molecular flexibility index (Phi) is 5.84. The van der Waals surface area contributed by atoms with Gasteiger partial charge in [-0.15, -0.1) is 0 Å². The van der Waals surface area contributed by atoms with E-state index in [1.165, 1.54) is 0 Å². The predicted octanol–water partition coefficient (Wildman–Crippen LogP) is 0.720. The van der Waals surface area contributed by atoms with Crippen molar-refractivity contribution >= 4 is 12.0 Å². The number of carbonyl (C=O) groups is 2. The Labute approximate surface area is 112 Å².